The summed E-state index contributed by atoms with van der Waals surface area (Å²) in [5.41, 5.74) is 2.56. The molecule has 98 valence electrons. The predicted molar refractivity (Wildman–Crippen MR) is 76.2 cm³/mol. The molecule has 0 saturated carbocycles. The van der Waals surface area contributed by atoms with E-state index in [1.54, 1.807) is 6.07 Å². The van der Waals surface area contributed by atoms with E-state index in [4.69, 9.17) is 4.42 Å². The van der Waals surface area contributed by atoms with Crippen LogP contribution in [0.4, 0.5) is 11.5 Å². The Bertz CT molecular complexity index is 605. The number of rotatable bonds is 4. The largest absolute Gasteiger partial charge is 0.447 e. The summed E-state index contributed by atoms with van der Waals surface area (Å²) in [6, 6.07) is 4.53. The highest BCUT2D eigenvalue weighted by Gasteiger charge is 2.05. The van der Waals surface area contributed by atoms with E-state index in [0.29, 0.717) is 16.2 Å². The molecule has 0 aliphatic carbocycles. The molecule has 2 aromatic heterocycles. The Labute approximate surface area is 124 Å². The lowest BCUT2D eigenvalue weighted by Crippen LogP contribution is -1.94. The zero-order valence-corrected chi connectivity index (χ0v) is 12.4. The van der Waals surface area contributed by atoms with Gasteiger partial charge in [-0.2, -0.15) is 5.10 Å². The lowest BCUT2D eigenvalue weighted by Gasteiger charge is -1.97. The van der Waals surface area contributed by atoms with Gasteiger partial charge >= 0.3 is 0 Å². The van der Waals surface area contributed by atoms with Gasteiger partial charge in [0, 0.05) is 12.1 Å². The number of halogens is 2. The van der Waals surface area contributed by atoms with Gasteiger partial charge in [0.25, 0.3) is 5.69 Å². The minimum Gasteiger partial charge on any atom is -0.447 e. The maximum atomic E-state index is 10.4. The molecular formula is C10H6Br2N4O3. The highest BCUT2D eigenvalue weighted by molar-refractivity contribution is 9.13. The average Bonchev–Trinajstić information content (AvgIpc) is 2.69. The summed E-state index contributed by atoms with van der Waals surface area (Å²) in [6.45, 7) is 0. The van der Waals surface area contributed by atoms with Crippen molar-refractivity contribution in [1.82, 2.24) is 4.98 Å². The van der Waals surface area contributed by atoms with Gasteiger partial charge < -0.3 is 4.42 Å². The minimum absolute atomic E-state index is 0.0755. The Hall–Kier alpha value is -1.74. The molecule has 2 heterocycles. The molecule has 0 unspecified atom stereocenters. The fourth-order valence-corrected chi connectivity index (χ4v) is 1.76. The first kappa shape index (κ1) is 13.7. The lowest BCUT2D eigenvalue weighted by molar-refractivity contribution is -0.385. The number of aromatic nitrogens is 1. The molecule has 0 aliphatic heterocycles. The van der Waals surface area contributed by atoms with Gasteiger partial charge in [0.1, 0.15) is 17.8 Å². The highest BCUT2D eigenvalue weighted by atomic mass is 79.9. The SMILES string of the molecule is O=[N+]([O-])c1ccc(N/N=C\c2cc(Br)c(Br)o2)nc1. The summed E-state index contributed by atoms with van der Waals surface area (Å²) >= 11 is 6.48. The smallest absolute Gasteiger partial charge is 0.287 e. The fraction of sp³-hybridized carbons (Fsp3) is 0. The Morgan fingerprint density at radius 1 is 1.47 bits per heavy atom. The van der Waals surface area contributed by atoms with Crippen LogP contribution in [0.5, 0.6) is 0 Å². The molecule has 7 nitrogen and oxygen atoms in total. The Kier molecular flexibility index (Phi) is 4.27. The second kappa shape index (κ2) is 5.93. The molecule has 0 aliphatic rings. The molecule has 0 radical (unpaired) electrons. The highest BCUT2D eigenvalue weighted by Crippen LogP contribution is 2.25. The van der Waals surface area contributed by atoms with E-state index in [2.05, 4.69) is 47.4 Å². The average molecular weight is 390 g/mol. The van der Waals surface area contributed by atoms with Crippen LogP contribution in [0.25, 0.3) is 0 Å². The van der Waals surface area contributed by atoms with E-state index in [0.717, 1.165) is 10.7 Å². The second-order valence-corrected chi connectivity index (χ2v) is 4.87. The summed E-state index contributed by atoms with van der Waals surface area (Å²) in [6.07, 6.45) is 2.61. The van der Waals surface area contributed by atoms with Gasteiger partial charge in [0.05, 0.1) is 15.6 Å². The third-order valence-electron chi connectivity index (χ3n) is 1.99. The van der Waals surface area contributed by atoms with E-state index < -0.39 is 4.92 Å². The molecule has 0 aromatic carbocycles. The number of furan rings is 1. The zero-order valence-electron chi connectivity index (χ0n) is 9.21. The number of hydrogen-bond acceptors (Lipinski definition) is 6. The number of nitro groups is 1. The predicted octanol–water partition coefficient (Wildman–Crippen LogP) is 3.55. The summed E-state index contributed by atoms with van der Waals surface area (Å²) in [4.78, 5) is 13.8. The third kappa shape index (κ3) is 3.61. The maximum absolute atomic E-state index is 10.4. The van der Waals surface area contributed by atoms with Gasteiger partial charge in [-0.1, -0.05) is 0 Å². The minimum atomic E-state index is -0.516. The lowest BCUT2D eigenvalue weighted by atomic mass is 10.4. The monoisotopic (exact) mass is 388 g/mol. The van der Waals surface area contributed by atoms with E-state index in [9.17, 15) is 10.1 Å². The first-order chi connectivity index (χ1) is 9.06. The number of nitrogens with zero attached hydrogens (tertiary/aromatic N) is 3. The van der Waals surface area contributed by atoms with Gasteiger partial charge in [0.15, 0.2) is 4.67 Å². The Balaban J connectivity index is 2.00. The topological polar surface area (TPSA) is 93.6 Å². The van der Waals surface area contributed by atoms with Gasteiger partial charge in [-0.05, 0) is 37.9 Å². The molecule has 0 amide bonds. The van der Waals surface area contributed by atoms with E-state index in [1.807, 2.05) is 0 Å². The van der Waals surface area contributed by atoms with Crippen molar-refractivity contribution in [3.05, 3.63) is 49.4 Å². The van der Waals surface area contributed by atoms with Crippen LogP contribution in [0, 0.1) is 10.1 Å². The molecule has 0 fully saturated rings. The summed E-state index contributed by atoms with van der Waals surface area (Å²) in [5.74, 6) is 0.930. The number of anilines is 1. The molecular weight excluding hydrogens is 384 g/mol. The van der Waals surface area contributed by atoms with Crippen molar-refractivity contribution in [2.45, 2.75) is 0 Å². The molecule has 2 rings (SSSR count). The molecule has 1 N–H and O–H groups in total. The summed E-state index contributed by atoms with van der Waals surface area (Å²) in [7, 11) is 0. The first-order valence-electron chi connectivity index (χ1n) is 4.90. The number of nitrogens with one attached hydrogen (secondary N) is 1. The number of hydrogen-bond donors (Lipinski definition) is 1. The van der Waals surface area contributed by atoms with Crippen molar-refractivity contribution in [3.8, 4) is 0 Å². The van der Waals surface area contributed by atoms with Gasteiger partial charge in [-0.25, -0.2) is 4.98 Å². The van der Waals surface area contributed by atoms with Crippen LogP contribution >= 0.6 is 31.9 Å². The van der Waals surface area contributed by atoms with Crippen molar-refractivity contribution >= 4 is 49.6 Å². The van der Waals surface area contributed by atoms with Crippen molar-refractivity contribution in [3.63, 3.8) is 0 Å². The normalized spacial score (nSPS) is 10.8. The van der Waals surface area contributed by atoms with Crippen molar-refractivity contribution < 1.29 is 9.34 Å². The van der Waals surface area contributed by atoms with Crippen LogP contribution in [-0.4, -0.2) is 16.1 Å². The second-order valence-electron chi connectivity index (χ2n) is 3.30. The molecule has 0 spiro atoms. The molecule has 0 bridgehead atoms. The Morgan fingerprint density at radius 2 is 2.26 bits per heavy atom. The number of pyridine rings is 1. The van der Waals surface area contributed by atoms with Crippen molar-refractivity contribution in [1.29, 1.82) is 0 Å². The molecule has 9 heteroatoms. The van der Waals surface area contributed by atoms with Crippen LogP contribution in [-0.2, 0) is 0 Å². The number of hydrazone groups is 1. The van der Waals surface area contributed by atoms with Crippen LogP contribution in [0.1, 0.15) is 5.76 Å². The van der Waals surface area contributed by atoms with Crippen LogP contribution in [0.15, 0.2) is 43.1 Å². The van der Waals surface area contributed by atoms with Gasteiger partial charge in [0.2, 0.25) is 0 Å². The Morgan fingerprint density at radius 3 is 2.79 bits per heavy atom. The van der Waals surface area contributed by atoms with Gasteiger partial charge in [-0.15, -0.1) is 0 Å². The molecule has 19 heavy (non-hydrogen) atoms. The standard InChI is InChI=1S/C10H6Br2N4O3/c11-8-3-7(19-10(8)12)5-14-15-9-2-1-6(4-13-9)16(17)18/h1-5H,(H,13,15)/b14-5-. The van der Waals surface area contributed by atoms with E-state index in [-0.39, 0.29) is 5.69 Å². The van der Waals surface area contributed by atoms with Crippen LogP contribution < -0.4 is 5.43 Å². The van der Waals surface area contributed by atoms with Gasteiger partial charge in [-0.3, -0.25) is 15.5 Å². The van der Waals surface area contributed by atoms with Crippen molar-refractivity contribution in [2.24, 2.45) is 5.10 Å². The van der Waals surface area contributed by atoms with Crippen molar-refractivity contribution in [2.75, 3.05) is 5.43 Å². The molecule has 0 saturated heterocycles. The zero-order chi connectivity index (χ0) is 13.8. The maximum Gasteiger partial charge on any atom is 0.287 e. The first-order valence-corrected chi connectivity index (χ1v) is 6.49. The molecule has 2 aromatic rings. The van der Waals surface area contributed by atoms with E-state index in [1.165, 1.54) is 18.3 Å². The van der Waals surface area contributed by atoms with Crippen LogP contribution in [0.2, 0.25) is 0 Å². The van der Waals surface area contributed by atoms with E-state index >= 15 is 0 Å². The summed E-state index contributed by atoms with van der Waals surface area (Å²) < 4.78 is 6.63. The third-order valence-corrected chi connectivity index (χ3v) is 3.70. The summed E-state index contributed by atoms with van der Waals surface area (Å²) in [5, 5.41) is 14.3. The fourth-order valence-electron chi connectivity index (χ4n) is 1.15. The molecule has 0 atom stereocenters. The quantitative estimate of drug-likeness (QED) is 0.490. The van der Waals surface area contributed by atoms with Crippen LogP contribution in [0.3, 0.4) is 0 Å².